The van der Waals surface area contributed by atoms with E-state index in [4.69, 9.17) is 4.74 Å². The second-order valence-corrected chi connectivity index (χ2v) is 8.19. The predicted molar refractivity (Wildman–Crippen MR) is 124 cm³/mol. The number of nitrogens with one attached hydrogen (secondary N) is 3. The summed E-state index contributed by atoms with van der Waals surface area (Å²) in [4.78, 5) is 30.2. The highest BCUT2D eigenvalue weighted by molar-refractivity contribution is 6.06. The third kappa shape index (κ3) is 4.40. The van der Waals surface area contributed by atoms with Crippen LogP contribution in [0.15, 0.2) is 56.5 Å². The molecule has 4 atom stereocenters. The maximum Gasteiger partial charge on any atom is 0.274 e. The van der Waals surface area contributed by atoms with Crippen LogP contribution in [0.1, 0.15) is 32.2 Å². The molecule has 2 fully saturated rings. The monoisotopic (exact) mass is 457 g/mol. The minimum absolute atomic E-state index is 0.00801. The number of ether oxygens (including phenoxy) is 1. The summed E-state index contributed by atoms with van der Waals surface area (Å²) in [6, 6.07) is 2.95. The van der Waals surface area contributed by atoms with Crippen molar-refractivity contribution >= 4 is 24.1 Å². The normalized spacial score (nSPS) is 27.6. The number of hydrogen-bond donors (Lipinski definition) is 3. The number of nitrogens with zero attached hydrogens (tertiary/aromatic N) is 4. The lowest BCUT2D eigenvalue weighted by Crippen LogP contribution is -2.48. The van der Waals surface area contributed by atoms with Crippen molar-refractivity contribution in [2.24, 2.45) is 10.1 Å². The van der Waals surface area contributed by atoms with Gasteiger partial charge in [0.25, 0.3) is 11.5 Å². The number of aromatic nitrogens is 1. The molecule has 33 heavy (non-hydrogen) atoms. The number of amides is 1. The highest BCUT2D eigenvalue weighted by atomic mass is 19.1. The molecule has 1 aromatic heterocycles. The quantitative estimate of drug-likeness (QED) is 0.422. The van der Waals surface area contributed by atoms with Crippen LogP contribution in [0.3, 0.4) is 0 Å². The van der Waals surface area contributed by atoms with E-state index in [-0.39, 0.29) is 29.1 Å². The second kappa shape index (κ2) is 9.18. The molecule has 2 aliphatic carbocycles. The van der Waals surface area contributed by atoms with Gasteiger partial charge in [-0.1, -0.05) is 0 Å². The van der Waals surface area contributed by atoms with E-state index in [2.05, 4.69) is 32.8 Å². The molecule has 4 rings (SSSR count). The molecule has 0 aromatic carbocycles. The van der Waals surface area contributed by atoms with Crippen molar-refractivity contribution in [3.8, 4) is 0 Å². The van der Waals surface area contributed by atoms with E-state index in [1.807, 2.05) is 0 Å². The van der Waals surface area contributed by atoms with E-state index >= 15 is 0 Å². The van der Waals surface area contributed by atoms with Crippen molar-refractivity contribution in [2.45, 2.75) is 50.5 Å². The van der Waals surface area contributed by atoms with E-state index in [1.165, 1.54) is 5.01 Å². The molecule has 0 bridgehead atoms. The van der Waals surface area contributed by atoms with Gasteiger partial charge in [0.05, 0.1) is 23.8 Å². The van der Waals surface area contributed by atoms with Crippen molar-refractivity contribution in [1.29, 1.82) is 0 Å². The number of anilines is 1. The van der Waals surface area contributed by atoms with Gasteiger partial charge in [-0.05, 0) is 38.3 Å². The van der Waals surface area contributed by atoms with Crippen molar-refractivity contribution in [3.63, 3.8) is 0 Å². The van der Waals surface area contributed by atoms with Crippen LogP contribution in [0.2, 0.25) is 0 Å². The zero-order valence-corrected chi connectivity index (χ0v) is 18.8. The highest BCUT2D eigenvalue weighted by Crippen LogP contribution is 2.37. The van der Waals surface area contributed by atoms with Crippen molar-refractivity contribution in [3.05, 3.63) is 52.0 Å². The minimum Gasteiger partial charge on any atom is -0.379 e. The zero-order valence-electron chi connectivity index (χ0n) is 18.8. The van der Waals surface area contributed by atoms with Gasteiger partial charge < -0.3 is 25.3 Å². The van der Waals surface area contributed by atoms with Crippen LogP contribution in [-0.2, 0) is 9.53 Å². The molecule has 1 aromatic rings. The lowest BCUT2D eigenvalue weighted by Gasteiger charge is -2.32. The van der Waals surface area contributed by atoms with Crippen LogP contribution in [0.25, 0.3) is 0 Å². The zero-order chi connectivity index (χ0) is 23.7. The standard InChI is InChI=1S/C22H28FN7O3/c1-12(21(31)27-14-8-7-13(14)23)20-28-18(11-19(24-2)30(20)25-3)26-15-6-5-9-29(22(15)32)16-10-17(16)33-4/h5-6,9,11,13-14,16-17,24H,3,7-8,10H2,1-2,4H3,(H,26,28)(H,27,31)/b20-12+/t13-,14-,16+,17+/m1/s1. The van der Waals surface area contributed by atoms with Crippen LogP contribution in [-0.4, -0.2) is 60.5 Å². The van der Waals surface area contributed by atoms with E-state index in [9.17, 15) is 14.0 Å². The van der Waals surface area contributed by atoms with Crippen LogP contribution < -0.4 is 21.5 Å². The third-order valence-corrected chi connectivity index (χ3v) is 6.11. The number of pyridine rings is 1. The SMILES string of the molecule is C=NN1C(NC)=CC(Nc2cccn([C@H]3C[C@@H]3OC)c2=O)=N/C1=C(/C)C(=O)N[C@@H]1CC[C@H]1F. The molecule has 0 unspecified atom stereocenters. The van der Waals surface area contributed by atoms with E-state index in [1.54, 1.807) is 50.1 Å². The number of carbonyl (C=O) groups excluding carboxylic acids is 1. The number of hydrogen-bond acceptors (Lipinski definition) is 8. The summed E-state index contributed by atoms with van der Waals surface area (Å²) in [5.41, 5.74) is 0.376. The Labute approximate surface area is 190 Å². The van der Waals surface area contributed by atoms with E-state index < -0.39 is 18.1 Å². The smallest absolute Gasteiger partial charge is 0.274 e. The molecule has 10 nitrogen and oxygen atoms in total. The van der Waals surface area contributed by atoms with Gasteiger partial charge in [-0.3, -0.25) is 9.59 Å². The van der Waals surface area contributed by atoms with Crippen molar-refractivity contribution < 1.29 is 13.9 Å². The summed E-state index contributed by atoms with van der Waals surface area (Å²) in [7, 11) is 3.32. The fraction of sp³-hybridized carbons (Fsp3) is 0.455. The molecule has 0 saturated heterocycles. The van der Waals surface area contributed by atoms with Crippen molar-refractivity contribution in [2.75, 3.05) is 19.5 Å². The molecule has 2 heterocycles. The Morgan fingerprint density at radius 2 is 2.18 bits per heavy atom. The first kappa shape index (κ1) is 22.7. The Kier molecular flexibility index (Phi) is 6.32. The van der Waals surface area contributed by atoms with E-state index in [0.717, 1.165) is 6.42 Å². The molecule has 0 spiro atoms. The van der Waals surface area contributed by atoms with Gasteiger partial charge in [0.15, 0.2) is 5.82 Å². The Balaban J connectivity index is 1.63. The average molecular weight is 458 g/mol. The fourth-order valence-corrected chi connectivity index (χ4v) is 3.84. The summed E-state index contributed by atoms with van der Waals surface area (Å²) in [6.45, 7) is 5.15. The van der Waals surface area contributed by atoms with Crippen molar-refractivity contribution in [1.82, 2.24) is 20.2 Å². The average Bonchev–Trinajstić information content (AvgIpc) is 3.61. The number of methoxy groups -OCH3 is 1. The Bertz CT molecular complexity index is 1110. The van der Waals surface area contributed by atoms with Gasteiger partial charge in [-0.2, -0.15) is 10.1 Å². The highest BCUT2D eigenvalue weighted by Gasteiger charge is 2.40. The number of hydrazone groups is 1. The molecule has 0 radical (unpaired) electrons. The topological polar surface area (TPSA) is 112 Å². The predicted octanol–water partition coefficient (Wildman–Crippen LogP) is 1.46. The molecule has 2 saturated carbocycles. The summed E-state index contributed by atoms with van der Waals surface area (Å²) in [5, 5.41) is 14.1. The fourth-order valence-electron chi connectivity index (χ4n) is 3.84. The number of halogens is 1. The lowest BCUT2D eigenvalue weighted by atomic mass is 9.90. The number of amidine groups is 1. The number of aliphatic imine (C=N–C) groups is 1. The lowest BCUT2D eigenvalue weighted by molar-refractivity contribution is -0.119. The summed E-state index contributed by atoms with van der Waals surface area (Å²) in [5.74, 6) is 0.606. The first-order valence-corrected chi connectivity index (χ1v) is 10.8. The van der Waals surface area contributed by atoms with Gasteiger partial charge in [0, 0.05) is 33.1 Å². The first-order chi connectivity index (χ1) is 15.9. The summed E-state index contributed by atoms with van der Waals surface area (Å²) >= 11 is 0. The molecule has 3 aliphatic rings. The molecule has 1 amide bonds. The summed E-state index contributed by atoms with van der Waals surface area (Å²) in [6.07, 6.45) is 4.21. The molecule has 3 N–H and O–H groups in total. The van der Waals surface area contributed by atoms with Crippen LogP contribution in [0, 0.1) is 0 Å². The molecular formula is C22H28FN7O3. The van der Waals surface area contributed by atoms with E-state index in [0.29, 0.717) is 30.2 Å². The van der Waals surface area contributed by atoms with Crippen LogP contribution in [0.4, 0.5) is 10.1 Å². The van der Waals surface area contributed by atoms with Crippen LogP contribution in [0.5, 0.6) is 0 Å². The van der Waals surface area contributed by atoms with Gasteiger partial charge in [0.2, 0.25) is 0 Å². The van der Waals surface area contributed by atoms with Gasteiger partial charge in [-0.25, -0.2) is 9.38 Å². The van der Waals surface area contributed by atoms with Gasteiger partial charge in [-0.15, -0.1) is 0 Å². The third-order valence-electron chi connectivity index (χ3n) is 6.11. The molecule has 11 heteroatoms. The van der Waals surface area contributed by atoms with Gasteiger partial charge in [0.1, 0.15) is 23.5 Å². The maximum absolute atomic E-state index is 13.6. The Morgan fingerprint density at radius 1 is 1.39 bits per heavy atom. The maximum atomic E-state index is 13.6. The largest absolute Gasteiger partial charge is 0.379 e. The second-order valence-electron chi connectivity index (χ2n) is 8.19. The Morgan fingerprint density at radius 3 is 2.76 bits per heavy atom. The first-order valence-electron chi connectivity index (χ1n) is 10.8. The molecule has 176 valence electrons. The van der Waals surface area contributed by atoms with Gasteiger partial charge >= 0.3 is 0 Å². The number of rotatable bonds is 7. The molecule has 1 aliphatic heterocycles. The van der Waals surface area contributed by atoms with Crippen LogP contribution >= 0.6 is 0 Å². The summed E-state index contributed by atoms with van der Waals surface area (Å²) < 4.78 is 20.6. The Hall–Kier alpha value is -3.47. The number of carbonyl (C=O) groups is 1. The molecular weight excluding hydrogens is 429 g/mol. The minimum atomic E-state index is -1.04. The number of alkyl halides is 1.